The average Bonchev–Trinajstić information content (AvgIpc) is 2.08. The van der Waals surface area contributed by atoms with E-state index >= 15 is 0 Å². The van der Waals surface area contributed by atoms with E-state index in [-0.39, 0.29) is 0 Å². The SMILES string of the molecule is CN(C)CCNc1ncc(I)cn1. The van der Waals surface area contributed by atoms with Crippen molar-refractivity contribution in [3.63, 3.8) is 0 Å². The molecule has 1 aromatic heterocycles. The van der Waals surface area contributed by atoms with Gasteiger partial charge in [0.2, 0.25) is 5.95 Å². The molecule has 0 saturated carbocycles. The molecule has 1 aromatic rings. The van der Waals surface area contributed by atoms with E-state index in [1.807, 2.05) is 14.1 Å². The molecule has 0 fully saturated rings. The summed E-state index contributed by atoms with van der Waals surface area (Å²) in [6.45, 7) is 1.85. The largest absolute Gasteiger partial charge is 0.353 e. The van der Waals surface area contributed by atoms with E-state index in [4.69, 9.17) is 0 Å². The molecule has 0 amide bonds. The summed E-state index contributed by atoms with van der Waals surface area (Å²) < 4.78 is 1.05. The van der Waals surface area contributed by atoms with E-state index in [1.54, 1.807) is 12.4 Å². The zero-order valence-corrected chi connectivity index (χ0v) is 9.95. The minimum Gasteiger partial charge on any atom is -0.353 e. The number of hydrogen-bond donors (Lipinski definition) is 1. The topological polar surface area (TPSA) is 41.0 Å². The fraction of sp³-hybridized carbons (Fsp3) is 0.500. The van der Waals surface area contributed by atoms with Gasteiger partial charge < -0.3 is 10.2 Å². The Balaban J connectivity index is 2.33. The van der Waals surface area contributed by atoms with E-state index in [1.165, 1.54) is 0 Å². The van der Waals surface area contributed by atoms with Gasteiger partial charge in [0, 0.05) is 29.1 Å². The lowest BCUT2D eigenvalue weighted by atomic mass is 10.6. The van der Waals surface area contributed by atoms with Crippen LogP contribution < -0.4 is 5.32 Å². The van der Waals surface area contributed by atoms with Crippen LogP contribution in [0.3, 0.4) is 0 Å². The number of anilines is 1. The average molecular weight is 292 g/mol. The Morgan fingerprint density at radius 3 is 2.54 bits per heavy atom. The van der Waals surface area contributed by atoms with Gasteiger partial charge in [0.05, 0.1) is 0 Å². The molecule has 0 saturated heterocycles. The number of halogens is 1. The van der Waals surface area contributed by atoms with Crippen LogP contribution in [0.1, 0.15) is 0 Å². The molecule has 0 atom stereocenters. The maximum absolute atomic E-state index is 4.13. The zero-order valence-electron chi connectivity index (χ0n) is 7.79. The van der Waals surface area contributed by atoms with Crippen molar-refractivity contribution in [2.75, 3.05) is 32.5 Å². The van der Waals surface area contributed by atoms with Crippen molar-refractivity contribution in [2.45, 2.75) is 0 Å². The summed E-state index contributed by atoms with van der Waals surface area (Å²) in [6, 6.07) is 0. The highest BCUT2D eigenvalue weighted by Gasteiger charge is 1.94. The molecule has 1 N–H and O–H groups in total. The van der Waals surface area contributed by atoms with Crippen LogP contribution in [-0.2, 0) is 0 Å². The smallest absolute Gasteiger partial charge is 0.222 e. The first-order valence-corrected chi connectivity index (χ1v) is 5.12. The highest BCUT2D eigenvalue weighted by molar-refractivity contribution is 14.1. The Morgan fingerprint density at radius 2 is 2.00 bits per heavy atom. The van der Waals surface area contributed by atoms with Gasteiger partial charge in [0.1, 0.15) is 0 Å². The number of likely N-dealkylation sites (N-methyl/N-ethyl adjacent to an activating group) is 1. The van der Waals surface area contributed by atoms with Gasteiger partial charge >= 0.3 is 0 Å². The van der Waals surface area contributed by atoms with E-state index in [2.05, 4.69) is 42.8 Å². The lowest BCUT2D eigenvalue weighted by Crippen LogP contribution is -2.21. The molecule has 13 heavy (non-hydrogen) atoms. The molecule has 0 radical (unpaired) electrons. The van der Waals surface area contributed by atoms with E-state index in [9.17, 15) is 0 Å². The molecule has 0 aliphatic rings. The summed E-state index contributed by atoms with van der Waals surface area (Å²) in [5.41, 5.74) is 0. The Morgan fingerprint density at radius 1 is 1.38 bits per heavy atom. The Labute approximate surface area is 91.9 Å². The molecule has 5 heteroatoms. The Kier molecular flexibility index (Phi) is 4.37. The third-order valence-corrected chi connectivity index (χ3v) is 2.02. The van der Waals surface area contributed by atoms with Crippen LogP contribution in [0.5, 0.6) is 0 Å². The molecule has 0 aliphatic carbocycles. The standard InChI is InChI=1S/C8H13IN4/c1-13(2)4-3-10-8-11-5-7(9)6-12-8/h5-6H,3-4H2,1-2H3,(H,10,11,12). The zero-order chi connectivity index (χ0) is 9.68. The van der Waals surface area contributed by atoms with Crippen molar-refractivity contribution >= 4 is 28.5 Å². The third-order valence-electron chi connectivity index (χ3n) is 1.46. The van der Waals surface area contributed by atoms with Crippen molar-refractivity contribution in [1.29, 1.82) is 0 Å². The second-order valence-corrected chi connectivity index (χ2v) is 4.20. The maximum Gasteiger partial charge on any atom is 0.222 e. The van der Waals surface area contributed by atoms with Gasteiger partial charge in [-0.25, -0.2) is 9.97 Å². The molecular formula is C8H13IN4. The fourth-order valence-corrected chi connectivity index (χ4v) is 1.07. The van der Waals surface area contributed by atoms with E-state index < -0.39 is 0 Å². The highest BCUT2D eigenvalue weighted by atomic mass is 127. The number of nitrogens with zero attached hydrogens (tertiary/aromatic N) is 3. The van der Waals surface area contributed by atoms with Crippen LogP contribution in [0, 0.1) is 3.57 Å². The molecule has 4 nitrogen and oxygen atoms in total. The summed E-state index contributed by atoms with van der Waals surface area (Å²) in [6.07, 6.45) is 3.59. The highest BCUT2D eigenvalue weighted by Crippen LogP contribution is 2.01. The fourth-order valence-electron chi connectivity index (χ4n) is 0.795. The van der Waals surface area contributed by atoms with Crippen LogP contribution in [0.2, 0.25) is 0 Å². The first-order valence-electron chi connectivity index (χ1n) is 4.04. The van der Waals surface area contributed by atoms with Crippen LogP contribution in [0.4, 0.5) is 5.95 Å². The van der Waals surface area contributed by atoms with Gasteiger partial charge in [-0.05, 0) is 36.7 Å². The van der Waals surface area contributed by atoms with Crippen LogP contribution >= 0.6 is 22.6 Å². The van der Waals surface area contributed by atoms with Gasteiger partial charge in [0.25, 0.3) is 0 Å². The van der Waals surface area contributed by atoms with Gasteiger partial charge in [-0.15, -0.1) is 0 Å². The summed E-state index contributed by atoms with van der Waals surface area (Å²) in [4.78, 5) is 10.4. The molecule has 0 bridgehead atoms. The van der Waals surface area contributed by atoms with E-state index in [0.29, 0.717) is 5.95 Å². The summed E-state index contributed by atoms with van der Waals surface area (Å²) >= 11 is 2.18. The number of aromatic nitrogens is 2. The van der Waals surface area contributed by atoms with Crippen molar-refractivity contribution in [3.05, 3.63) is 16.0 Å². The number of nitrogens with one attached hydrogen (secondary N) is 1. The Bertz CT molecular complexity index is 247. The molecule has 0 spiro atoms. The molecule has 1 rings (SSSR count). The molecule has 0 unspecified atom stereocenters. The monoisotopic (exact) mass is 292 g/mol. The summed E-state index contributed by atoms with van der Waals surface area (Å²) in [5.74, 6) is 0.697. The van der Waals surface area contributed by atoms with Gasteiger partial charge in [0.15, 0.2) is 0 Å². The molecular weight excluding hydrogens is 279 g/mol. The second-order valence-electron chi connectivity index (χ2n) is 2.95. The van der Waals surface area contributed by atoms with Crippen molar-refractivity contribution in [2.24, 2.45) is 0 Å². The molecule has 72 valence electrons. The predicted molar refractivity (Wildman–Crippen MR) is 61.8 cm³/mol. The quantitative estimate of drug-likeness (QED) is 0.842. The summed E-state index contributed by atoms with van der Waals surface area (Å²) in [5, 5.41) is 3.14. The van der Waals surface area contributed by atoms with Gasteiger partial charge in [-0.1, -0.05) is 0 Å². The number of rotatable bonds is 4. The lowest BCUT2D eigenvalue weighted by Gasteiger charge is -2.09. The summed E-state index contributed by atoms with van der Waals surface area (Å²) in [7, 11) is 4.08. The van der Waals surface area contributed by atoms with Crippen LogP contribution in [-0.4, -0.2) is 42.1 Å². The number of hydrogen-bond acceptors (Lipinski definition) is 4. The van der Waals surface area contributed by atoms with E-state index in [0.717, 1.165) is 16.7 Å². The minimum absolute atomic E-state index is 0.697. The molecule has 0 aliphatic heterocycles. The molecule has 1 heterocycles. The van der Waals surface area contributed by atoms with Crippen LogP contribution in [0.25, 0.3) is 0 Å². The first kappa shape index (κ1) is 10.6. The van der Waals surface area contributed by atoms with Crippen molar-refractivity contribution < 1.29 is 0 Å². The van der Waals surface area contributed by atoms with Crippen molar-refractivity contribution in [1.82, 2.24) is 14.9 Å². The lowest BCUT2D eigenvalue weighted by molar-refractivity contribution is 0.425. The molecule has 0 aromatic carbocycles. The van der Waals surface area contributed by atoms with Crippen LogP contribution in [0.15, 0.2) is 12.4 Å². The van der Waals surface area contributed by atoms with Crippen molar-refractivity contribution in [3.8, 4) is 0 Å². The van der Waals surface area contributed by atoms with Gasteiger partial charge in [-0.3, -0.25) is 0 Å². The first-order chi connectivity index (χ1) is 6.18. The van der Waals surface area contributed by atoms with Gasteiger partial charge in [-0.2, -0.15) is 0 Å². The normalized spacial score (nSPS) is 10.5. The second kappa shape index (κ2) is 5.33. The Hall–Kier alpha value is -0.430. The maximum atomic E-state index is 4.13. The predicted octanol–water partition coefficient (Wildman–Crippen LogP) is 1.05. The third kappa shape index (κ3) is 4.37. The minimum atomic E-state index is 0.697.